The van der Waals surface area contributed by atoms with Gasteiger partial charge < -0.3 is 9.88 Å². The third-order valence-electron chi connectivity index (χ3n) is 4.26. The number of aryl methyl sites for hydroxylation is 3. The lowest BCUT2D eigenvalue weighted by Crippen LogP contribution is -2.26. The number of benzene rings is 2. The second-order valence-corrected chi connectivity index (χ2v) is 5.86. The van der Waals surface area contributed by atoms with E-state index in [0.717, 1.165) is 34.4 Å². The third kappa shape index (κ3) is 3.11. The third-order valence-corrected chi connectivity index (χ3v) is 4.26. The molecule has 0 aliphatic heterocycles. The van der Waals surface area contributed by atoms with Crippen molar-refractivity contribution in [3.63, 3.8) is 0 Å². The molecular formula is C19H21N3O. The minimum absolute atomic E-state index is 0.0159. The van der Waals surface area contributed by atoms with Gasteiger partial charge in [-0.25, -0.2) is 4.98 Å². The summed E-state index contributed by atoms with van der Waals surface area (Å²) in [4.78, 5) is 16.7. The lowest BCUT2D eigenvalue weighted by Gasteiger charge is -2.07. The minimum atomic E-state index is -0.0159. The molecule has 0 fully saturated rings. The molecule has 23 heavy (non-hydrogen) atoms. The summed E-state index contributed by atoms with van der Waals surface area (Å²) in [6, 6.07) is 13.9. The van der Waals surface area contributed by atoms with Crippen molar-refractivity contribution in [2.75, 3.05) is 6.54 Å². The van der Waals surface area contributed by atoms with E-state index in [0.29, 0.717) is 6.54 Å². The maximum atomic E-state index is 12.2. The number of amides is 1. The number of aromatic nitrogens is 2. The van der Waals surface area contributed by atoms with Crippen LogP contribution in [0.25, 0.3) is 11.0 Å². The van der Waals surface area contributed by atoms with E-state index < -0.39 is 0 Å². The Morgan fingerprint density at radius 1 is 1.17 bits per heavy atom. The number of carbonyl (C=O) groups is 1. The van der Waals surface area contributed by atoms with Crippen molar-refractivity contribution in [2.45, 2.75) is 20.3 Å². The van der Waals surface area contributed by atoms with Crippen LogP contribution in [-0.2, 0) is 13.5 Å². The highest BCUT2D eigenvalue weighted by atomic mass is 16.1. The highest BCUT2D eigenvalue weighted by molar-refractivity contribution is 5.95. The number of hydrogen-bond donors (Lipinski definition) is 1. The molecule has 0 bridgehead atoms. The second kappa shape index (κ2) is 6.24. The van der Waals surface area contributed by atoms with Crippen molar-refractivity contribution in [1.82, 2.24) is 14.9 Å². The average Bonchev–Trinajstić information content (AvgIpc) is 2.82. The number of carbonyl (C=O) groups excluding carboxylic acids is 1. The molecule has 0 radical (unpaired) electrons. The standard InChI is InChI=1S/C19H21N3O/c1-13-6-4-5-7-16(13)19(23)20-11-10-15-8-9-18-17(12-15)21-14(2)22(18)3/h4-9,12H,10-11H2,1-3H3,(H,20,23). The van der Waals surface area contributed by atoms with E-state index in [2.05, 4.69) is 33.1 Å². The molecule has 0 saturated carbocycles. The molecule has 1 aromatic heterocycles. The van der Waals surface area contributed by atoms with Crippen LogP contribution in [0, 0.1) is 13.8 Å². The van der Waals surface area contributed by atoms with E-state index in [4.69, 9.17) is 0 Å². The van der Waals surface area contributed by atoms with Gasteiger partial charge in [0.25, 0.3) is 5.91 Å². The number of nitrogens with zero attached hydrogens (tertiary/aromatic N) is 2. The van der Waals surface area contributed by atoms with Crippen LogP contribution in [0.3, 0.4) is 0 Å². The van der Waals surface area contributed by atoms with Gasteiger partial charge in [-0.1, -0.05) is 24.3 Å². The van der Waals surface area contributed by atoms with Gasteiger partial charge in [-0.3, -0.25) is 4.79 Å². The van der Waals surface area contributed by atoms with Gasteiger partial charge in [0.2, 0.25) is 0 Å². The normalized spacial score (nSPS) is 10.9. The lowest BCUT2D eigenvalue weighted by atomic mass is 10.1. The van der Waals surface area contributed by atoms with Crippen LogP contribution in [0.1, 0.15) is 27.3 Å². The van der Waals surface area contributed by atoms with Crippen LogP contribution in [0.2, 0.25) is 0 Å². The van der Waals surface area contributed by atoms with Crippen molar-refractivity contribution >= 4 is 16.9 Å². The summed E-state index contributed by atoms with van der Waals surface area (Å²) in [5.41, 5.74) is 5.06. The van der Waals surface area contributed by atoms with Crippen molar-refractivity contribution < 1.29 is 4.79 Å². The van der Waals surface area contributed by atoms with Crippen molar-refractivity contribution in [3.8, 4) is 0 Å². The zero-order valence-corrected chi connectivity index (χ0v) is 13.8. The van der Waals surface area contributed by atoms with E-state index in [-0.39, 0.29) is 5.91 Å². The highest BCUT2D eigenvalue weighted by Crippen LogP contribution is 2.16. The van der Waals surface area contributed by atoms with Gasteiger partial charge in [-0.15, -0.1) is 0 Å². The van der Waals surface area contributed by atoms with E-state index in [1.54, 1.807) is 0 Å². The fourth-order valence-corrected chi connectivity index (χ4v) is 2.76. The van der Waals surface area contributed by atoms with E-state index >= 15 is 0 Å². The van der Waals surface area contributed by atoms with Crippen LogP contribution in [0.5, 0.6) is 0 Å². The Morgan fingerprint density at radius 2 is 1.96 bits per heavy atom. The first-order valence-electron chi connectivity index (χ1n) is 7.82. The lowest BCUT2D eigenvalue weighted by molar-refractivity contribution is 0.0953. The zero-order chi connectivity index (χ0) is 16.4. The summed E-state index contributed by atoms with van der Waals surface area (Å²) in [5, 5.41) is 2.99. The molecule has 0 saturated heterocycles. The minimum Gasteiger partial charge on any atom is -0.352 e. The van der Waals surface area contributed by atoms with Crippen LogP contribution in [-0.4, -0.2) is 22.0 Å². The predicted octanol–water partition coefficient (Wildman–Crippen LogP) is 3.16. The smallest absolute Gasteiger partial charge is 0.251 e. The van der Waals surface area contributed by atoms with Gasteiger partial charge in [-0.05, 0) is 49.6 Å². The molecular weight excluding hydrogens is 286 g/mol. The molecule has 0 unspecified atom stereocenters. The maximum Gasteiger partial charge on any atom is 0.251 e. The molecule has 1 N–H and O–H groups in total. The molecule has 2 aromatic carbocycles. The van der Waals surface area contributed by atoms with Crippen LogP contribution in [0.15, 0.2) is 42.5 Å². The quantitative estimate of drug-likeness (QED) is 0.805. The summed E-state index contributed by atoms with van der Waals surface area (Å²) in [6.07, 6.45) is 0.795. The molecule has 1 heterocycles. The molecule has 3 aromatic rings. The van der Waals surface area contributed by atoms with E-state index in [1.165, 1.54) is 5.56 Å². The number of nitrogens with one attached hydrogen (secondary N) is 1. The van der Waals surface area contributed by atoms with Gasteiger partial charge >= 0.3 is 0 Å². The van der Waals surface area contributed by atoms with Crippen LogP contribution in [0.4, 0.5) is 0 Å². The number of rotatable bonds is 4. The highest BCUT2D eigenvalue weighted by Gasteiger charge is 2.08. The Balaban J connectivity index is 1.65. The first-order valence-corrected chi connectivity index (χ1v) is 7.82. The Bertz CT molecular complexity index is 864. The Hall–Kier alpha value is -2.62. The van der Waals surface area contributed by atoms with Crippen LogP contribution >= 0.6 is 0 Å². The maximum absolute atomic E-state index is 12.2. The zero-order valence-electron chi connectivity index (χ0n) is 13.8. The topological polar surface area (TPSA) is 46.9 Å². The summed E-state index contributed by atoms with van der Waals surface area (Å²) in [6.45, 7) is 4.57. The van der Waals surface area contributed by atoms with Crippen molar-refractivity contribution in [1.29, 1.82) is 0 Å². The van der Waals surface area contributed by atoms with E-state index in [1.807, 2.05) is 45.2 Å². The predicted molar refractivity (Wildman–Crippen MR) is 92.7 cm³/mol. The summed E-state index contributed by atoms with van der Waals surface area (Å²) >= 11 is 0. The van der Waals surface area contributed by atoms with Gasteiger partial charge in [-0.2, -0.15) is 0 Å². The van der Waals surface area contributed by atoms with Crippen LogP contribution < -0.4 is 5.32 Å². The molecule has 0 aliphatic carbocycles. The monoisotopic (exact) mass is 307 g/mol. The van der Waals surface area contributed by atoms with Gasteiger partial charge in [0.15, 0.2) is 0 Å². The summed E-state index contributed by atoms with van der Waals surface area (Å²) in [7, 11) is 2.02. The molecule has 4 nitrogen and oxygen atoms in total. The molecule has 1 amide bonds. The molecule has 4 heteroatoms. The Kier molecular flexibility index (Phi) is 4.15. The number of fused-ring (bicyclic) bond motifs is 1. The van der Waals surface area contributed by atoms with Gasteiger partial charge in [0.1, 0.15) is 5.82 Å². The summed E-state index contributed by atoms with van der Waals surface area (Å²) < 4.78 is 2.08. The molecule has 0 spiro atoms. The SMILES string of the molecule is Cc1ccccc1C(=O)NCCc1ccc2c(c1)nc(C)n2C. The Labute approximate surface area is 136 Å². The molecule has 3 rings (SSSR count). The fourth-order valence-electron chi connectivity index (χ4n) is 2.76. The molecule has 0 aliphatic rings. The number of hydrogen-bond acceptors (Lipinski definition) is 2. The first kappa shape index (κ1) is 15.3. The fraction of sp³-hybridized carbons (Fsp3) is 0.263. The van der Waals surface area contributed by atoms with Crippen molar-refractivity contribution in [3.05, 3.63) is 65.0 Å². The Morgan fingerprint density at radius 3 is 2.74 bits per heavy atom. The largest absolute Gasteiger partial charge is 0.352 e. The average molecular weight is 307 g/mol. The first-order chi connectivity index (χ1) is 11.1. The second-order valence-electron chi connectivity index (χ2n) is 5.86. The van der Waals surface area contributed by atoms with Gasteiger partial charge in [0.05, 0.1) is 11.0 Å². The molecule has 118 valence electrons. The van der Waals surface area contributed by atoms with E-state index in [9.17, 15) is 4.79 Å². The number of imidazole rings is 1. The molecule has 0 atom stereocenters. The summed E-state index contributed by atoms with van der Waals surface area (Å²) in [5.74, 6) is 0.989. The van der Waals surface area contributed by atoms with Crippen molar-refractivity contribution in [2.24, 2.45) is 7.05 Å². The van der Waals surface area contributed by atoms with Gasteiger partial charge in [0, 0.05) is 19.2 Å².